The van der Waals surface area contributed by atoms with Crippen LogP contribution in [-0.2, 0) is 11.3 Å². The lowest BCUT2D eigenvalue weighted by Gasteiger charge is -2.08. The summed E-state index contributed by atoms with van der Waals surface area (Å²) in [5, 5.41) is 2.86. The van der Waals surface area contributed by atoms with Crippen molar-refractivity contribution in [1.82, 2.24) is 9.55 Å². The van der Waals surface area contributed by atoms with E-state index in [9.17, 15) is 18.4 Å². The van der Waals surface area contributed by atoms with Gasteiger partial charge in [0.25, 0.3) is 5.56 Å². The molecule has 8 heteroatoms. The number of amides is 1. The molecule has 0 spiro atoms. The Balaban J connectivity index is 1.75. The Hall–Kier alpha value is -2.61. The molecule has 0 saturated carbocycles. The standard InChI is InChI=1S/C17H15F2N3O2S/c1-9-10(2)25-16-14(9)17(24)22(8-20-16)7-6-13(23)21-12-5-3-4-11(18)15(12)19/h3-5,8H,6-7H2,1-2H3,(H,21,23). The Morgan fingerprint density at radius 1 is 1.32 bits per heavy atom. The van der Waals surface area contributed by atoms with Gasteiger partial charge in [-0.3, -0.25) is 14.2 Å². The van der Waals surface area contributed by atoms with Gasteiger partial charge in [-0.2, -0.15) is 0 Å². The van der Waals surface area contributed by atoms with Gasteiger partial charge in [-0.05, 0) is 31.5 Å². The SMILES string of the molecule is Cc1sc2ncn(CCC(=O)Nc3cccc(F)c3F)c(=O)c2c1C. The van der Waals surface area contributed by atoms with Gasteiger partial charge in [0.15, 0.2) is 11.6 Å². The normalized spacial score (nSPS) is 11.0. The molecule has 0 atom stereocenters. The lowest BCUT2D eigenvalue weighted by molar-refractivity contribution is -0.116. The Morgan fingerprint density at radius 2 is 2.08 bits per heavy atom. The molecule has 0 radical (unpaired) electrons. The minimum absolute atomic E-state index is 0.0643. The van der Waals surface area contributed by atoms with Crippen molar-refractivity contribution < 1.29 is 13.6 Å². The van der Waals surface area contributed by atoms with E-state index in [2.05, 4.69) is 10.3 Å². The van der Waals surface area contributed by atoms with Gasteiger partial charge in [0.1, 0.15) is 4.83 Å². The maximum Gasteiger partial charge on any atom is 0.262 e. The minimum atomic E-state index is -1.11. The van der Waals surface area contributed by atoms with Crippen molar-refractivity contribution in [3.8, 4) is 0 Å². The van der Waals surface area contributed by atoms with Crippen LogP contribution in [0.5, 0.6) is 0 Å². The van der Waals surface area contributed by atoms with Crippen LogP contribution >= 0.6 is 11.3 Å². The first-order valence-corrected chi connectivity index (χ1v) is 8.39. The largest absolute Gasteiger partial charge is 0.323 e. The molecule has 3 rings (SSSR count). The van der Waals surface area contributed by atoms with E-state index >= 15 is 0 Å². The quantitative estimate of drug-likeness (QED) is 0.773. The number of rotatable bonds is 4. The van der Waals surface area contributed by atoms with Crippen LogP contribution in [0, 0.1) is 25.5 Å². The summed E-state index contributed by atoms with van der Waals surface area (Å²) in [4.78, 5) is 30.4. The van der Waals surface area contributed by atoms with Crippen molar-refractivity contribution in [2.45, 2.75) is 26.8 Å². The molecular weight excluding hydrogens is 348 g/mol. The number of hydrogen-bond acceptors (Lipinski definition) is 4. The fourth-order valence-electron chi connectivity index (χ4n) is 2.46. The first kappa shape index (κ1) is 17.2. The zero-order valence-electron chi connectivity index (χ0n) is 13.6. The van der Waals surface area contributed by atoms with E-state index in [0.29, 0.717) is 10.2 Å². The first-order chi connectivity index (χ1) is 11.9. The molecule has 0 bridgehead atoms. The molecule has 25 heavy (non-hydrogen) atoms. The molecule has 0 fully saturated rings. The molecule has 130 valence electrons. The van der Waals surface area contributed by atoms with Gasteiger partial charge in [-0.1, -0.05) is 6.07 Å². The molecule has 2 heterocycles. The number of nitrogens with zero attached hydrogens (tertiary/aromatic N) is 2. The number of carbonyl (C=O) groups is 1. The fraction of sp³-hybridized carbons (Fsp3) is 0.235. The van der Waals surface area contributed by atoms with Crippen LogP contribution in [0.1, 0.15) is 16.9 Å². The molecule has 0 aliphatic carbocycles. The summed E-state index contributed by atoms with van der Waals surface area (Å²) in [6.07, 6.45) is 1.33. The second-order valence-electron chi connectivity index (χ2n) is 5.61. The minimum Gasteiger partial charge on any atom is -0.323 e. The van der Waals surface area contributed by atoms with Crippen molar-refractivity contribution in [2.24, 2.45) is 0 Å². The van der Waals surface area contributed by atoms with E-state index in [0.717, 1.165) is 16.5 Å². The third-order valence-electron chi connectivity index (χ3n) is 3.96. The smallest absolute Gasteiger partial charge is 0.262 e. The number of anilines is 1. The second kappa shape index (κ2) is 6.72. The summed E-state index contributed by atoms with van der Waals surface area (Å²) in [5.41, 5.74) is 0.449. The van der Waals surface area contributed by atoms with Crippen molar-refractivity contribution in [2.75, 3.05) is 5.32 Å². The maximum absolute atomic E-state index is 13.6. The van der Waals surface area contributed by atoms with Crippen LogP contribution in [0.3, 0.4) is 0 Å². The van der Waals surface area contributed by atoms with Gasteiger partial charge in [-0.25, -0.2) is 13.8 Å². The molecule has 2 aromatic heterocycles. The average Bonchev–Trinajstić information content (AvgIpc) is 2.86. The molecule has 0 aliphatic heterocycles. The average molecular weight is 363 g/mol. The van der Waals surface area contributed by atoms with E-state index in [4.69, 9.17) is 0 Å². The van der Waals surface area contributed by atoms with Gasteiger partial charge in [0.05, 0.1) is 17.4 Å². The molecule has 1 N–H and O–H groups in total. The molecule has 0 saturated heterocycles. The highest BCUT2D eigenvalue weighted by Gasteiger charge is 2.14. The van der Waals surface area contributed by atoms with Crippen LogP contribution in [0.15, 0.2) is 29.3 Å². The number of aromatic nitrogens is 2. The summed E-state index contributed by atoms with van der Waals surface area (Å²) in [5.74, 6) is -2.66. The van der Waals surface area contributed by atoms with Crippen LogP contribution in [0.25, 0.3) is 10.2 Å². The third kappa shape index (κ3) is 3.30. The highest BCUT2D eigenvalue weighted by atomic mass is 32.1. The Morgan fingerprint density at radius 3 is 2.84 bits per heavy atom. The Labute approximate surface area is 145 Å². The molecule has 1 aromatic carbocycles. The predicted octanol–water partition coefficient (Wildman–Crippen LogP) is 3.38. The number of benzene rings is 1. The molecule has 0 aliphatic rings. The highest BCUT2D eigenvalue weighted by Crippen LogP contribution is 2.25. The maximum atomic E-state index is 13.6. The van der Waals surface area contributed by atoms with Crippen molar-refractivity contribution in [3.05, 3.63) is 57.0 Å². The molecule has 0 unspecified atom stereocenters. The summed E-state index contributed by atoms with van der Waals surface area (Å²) < 4.78 is 28.0. The number of nitrogens with one attached hydrogen (secondary N) is 1. The van der Waals surface area contributed by atoms with E-state index in [-0.39, 0.29) is 24.2 Å². The van der Waals surface area contributed by atoms with E-state index in [1.165, 1.54) is 34.4 Å². The van der Waals surface area contributed by atoms with Crippen molar-refractivity contribution >= 4 is 33.1 Å². The van der Waals surface area contributed by atoms with Gasteiger partial charge < -0.3 is 5.32 Å². The molecule has 3 aromatic rings. The number of thiophene rings is 1. The van der Waals surface area contributed by atoms with E-state index < -0.39 is 17.5 Å². The number of hydrogen-bond donors (Lipinski definition) is 1. The number of aryl methyl sites for hydroxylation is 3. The van der Waals surface area contributed by atoms with Crippen LogP contribution in [0.2, 0.25) is 0 Å². The lowest BCUT2D eigenvalue weighted by atomic mass is 10.2. The summed E-state index contributed by atoms with van der Waals surface area (Å²) in [6.45, 7) is 3.88. The summed E-state index contributed by atoms with van der Waals surface area (Å²) >= 11 is 1.45. The number of fused-ring (bicyclic) bond motifs is 1. The van der Waals surface area contributed by atoms with Crippen molar-refractivity contribution in [1.29, 1.82) is 0 Å². The number of carbonyl (C=O) groups excluding carboxylic acids is 1. The predicted molar refractivity (Wildman–Crippen MR) is 93.0 cm³/mol. The van der Waals surface area contributed by atoms with Gasteiger partial charge in [-0.15, -0.1) is 11.3 Å². The molecule has 1 amide bonds. The van der Waals surface area contributed by atoms with E-state index in [1.54, 1.807) is 0 Å². The second-order valence-corrected chi connectivity index (χ2v) is 6.81. The molecular formula is C17H15F2N3O2S. The monoisotopic (exact) mass is 363 g/mol. The van der Waals surface area contributed by atoms with Crippen molar-refractivity contribution in [3.63, 3.8) is 0 Å². The summed E-state index contributed by atoms with van der Waals surface area (Å²) in [7, 11) is 0. The Bertz CT molecular complexity index is 1030. The van der Waals surface area contributed by atoms with Crippen LogP contribution in [0.4, 0.5) is 14.5 Å². The van der Waals surface area contributed by atoms with Crippen LogP contribution < -0.4 is 10.9 Å². The van der Waals surface area contributed by atoms with E-state index in [1.807, 2.05) is 13.8 Å². The highest BCUT2D eigenvalue weighted by molar-refractivity contribution is 7.18. The Kier molecular flexibility index (Phi) is 4.63. The number of halogens is 2. The van der Waals surface area contributed by atoms with Crippen LogP contribution in [-0.4, -0.2) is 15.5 Å². The fourth-order valence-corrected chi connectivity index (χ4v) is 3.45. The van der Waals surface area contributed by atoms with Gasteiger partial charge in [0, 0.05) is 17.8 Å². The zero-order valence-corrected chi connectivity index (χ0v) is 14.4. The topological polar surface area (TPSA) is 64.0 Å². The molecule has 5 nitrogen and oxygen atoms in total. The third-order valence-corrected chi connectivity index (χ3v) is 5.08. The first-order valence-electron chi connectivity index (χ1n) is 7.57. The van der Waals surface area contributed by atoms with Gasteiger partial charge >= 0.3 is 0 Å². The lowest BCUT2D eigenvalue weighted by Crippen LogP contribution is -2.23. The summed E-state index contributed by atoms with van der Waals surface area (Å²) in [6, 6.07) is 3.54. The zero-order chi connectivity index (χ0) is 18.1. The van der Waals surface area contributed by atoms with Gasteiger partial charge in [0.2, 0.25) is 5.91 Å².